The molecule has 24 heavy (non-hydrogen) atoms. The van der Waals surface area contributed by atoms with Crippen LogP contribution < -0.4 is 5.32 Å². The molecule has 0 unspecified atom stereocenters. The Morgan fingerprint density at radius 3 is 2.46 bits per heavy atom. The fourth-order valence-electron chi connectivity index (χ4n) is 4.09. The molecular formula is C17H31IN4OS. The Balaban J connectivity index is 0.00000208. The number of rotatable bonds is 2. The van der Waals surface area contributed by atoms with Crippen LogP contribution in [0.15, 0.2) is 4.99 Å². The van der Waals surface area contributed by atoms with Crippen molar-refractivity contribution in [3.05, 3.63) is 0 Å². The quantitative estimate of drug-likeness (QED) is 0.386. The first kappa shape index (κ1) is 20.1. The van der Waals surface area contributed by atoms with Gasteiger partial charge < -0.3 is 15.1 Å². The molecule has 0 aromatic carbocycles. The molecule has 1 aliphatic carbocycles. The van der Waals surface area contributed by atoms with Crippen molar-refractivity contribution < 1.29 is 4.79 Å². The summed E-state index contributed by atoms with van der Waals surface area (Å²) in [4.78, 5) is 21.0. The summed E-state index contributed by atoms with van der Waals surface area (Å²) in [6, 6.07) is 0. The molecule has 0 atom stereocenters. The molecule has 0 bridgehead atoms. The van der Waals surface area contributed by atoms with Crippen molar-refractivity contribution in [1.29, 1.82) is 0 Å². The highest BCUT2D eigenvalue weighted by atomic mass is 127. The van der Waals surface area contributed by atoms with Gasteiger partial charge in [-0.15, -0.1) is 24.0 Å². The molecule has 0 aromatic rings. The molecule has 3 rings (SSSR count). The van der Waals surface area contributed by atoms with Crippen molar-refractivity contribution in [2.24, 2.45) is 4.99 Å². The van der Waals surface area contributed by atoms with E-state index in [0.29, 0.717) is 11.3 Å². The Morgan fingerprint density at radius 1 is 1.08 bits per heavy atom. The van der Waals surface area contributed by atoms with Gasteiger partial charge in [-0.3, -0.25) is 9.79 Å². The van der Waals surface area contributed by atoms with E-state index < -0.39 is 0 Å². The van der Waals surface area contributed by atoms with Gasteiger partial charge in [-0.1, -0.05) is 19.3 Å². The Hall–Kier alpha value is -0.180. The van der Waals surface area contributed by atoms with E-state index in [0.717, 1.165) is 45.0 Å². The number of carbonyl (C=O) groups excluding carboxylic acids is 1. The number of halogens is 1. The maximum absolute atomic E-state index is 12.2. The Kier molecular flexibility index (Phi) is 7.97. The molecule has 2 heterocycles. The number of amides is 1. The molecule has 7 heteroatoms. The van der Waals surface area contributed by atoms with Crippen LogP contribution in [0, 0.1) is 0 Å². The minimum absolute atomic E-state index is 0. The third-order valence-corrected chi connectivity index (χ3v) is 6.92. The number of thioether (sulfide) groups is 1. The highest BCUT2D eigenvalue weighted by Crippen LogP contribution is 2.42. The number of hydrogen-bond acceptors (Lipinski definition) is 3. The van der Waals surface area contributed by atoms with Gasteiger partial charge in [0.2, 0.25) is 5.91 Å². The van der Waals surface area contributed by atoms with Gasteiger partial charge in [0, 0.05) is 43.7 Å². The van der Waals surface area contributed by atoms with E-state index in [1.54, 1.807) is 0 Å². The molecule has 3 aliphatic rings. The van der Waals surface area contributed by atoms with Crippen LogP contribution in [0.5, 0.6) is 0 Å². The SMILES string of the molecule is CN=C(NCC(=O)N1CCCC1)N1CCSC2(CCCCC2)C1.I. The first-order valence-electron chi connectivity index (χ1n) is 9.10. The highest BCUT2D eigenvalue weighted by molar-refractivity contribution is 14.0. The van der Waals surface area contributed by atoms with Gasteiger partial charge >= 0.3 is 0 Å². The Labute approximate surface area is 167 Å². The second kappa shape index (κ2) is 9.50. The van der Waals surface area contributed by atoms with Crippen LogP contribution in [0.3, 0.4) is 0 Å². The maximum atomic E-state index is 12.2. The van der Waals surface area contributed by atoms with Gasteiger partial charge in [0.1, 0.15) is 0 Å². The minimum Gasteiger partial charge on any atom is -0.347 e. The maximum Gasteiger partial charge on any atom is 0.241 e. The van der Waals surface area contributed by atoms with E-state index in [1.807, 2.05) is 11.9 Å². The number of nitrogens with one attached hydrogen (secondary N) is 1. The van der Waals surface area contributed by atoms with E-state index in [-0.39, 0.29) is 29.9 Å². The molecule has 1 amide bonds. The molecule has 1 N–H and O–H groups in total. The predicted molar refractivity (Wildman–Crippen MR) is 112 cm³/mol. The zero-order valence-corrected chi connectivity index (χ0v) is 17.9. The van der Waals surface area contributed by atoms with Crippen molar-refractivity contribution in [3.8, 4) is 0 Å². The number of hydrogen-bond donors (Lipinski definition) is 1. The van der Waals surface area contributed by atoms with Crippen molar-refractivity contribution >= 4 is 47.6 Å². The molecule has 1 saturated carbocycles. The van der Waals surface area contributed by atoms with Crippen molar-refractivity contribution in [2.75, 3.05) is 45.5 Å². The Morgan fingerprint density at radius 2 is 1.79 bits per heavy atom. The highest BCUT2D eigenvalue weighted by Gasteiger charge is 2.38. The summed E-state index contributed by atoms with van der Waals surface area (Å²) in [6.45, 7) is 4.33. The van der Waals surface area contributed by atoms with Crippen LogP contribution in [0.4, 0.5) is 0 Å². The monoisotopic (exact) mass is 466 g/mol. The Bertz CT molecular complexity index is 442. The summed E-state index contributed by atoms with van der Waals surface area (Å²) in [5.74, 6) is 2.28. The molecule has 1 spiro atoms. The van der Waals surface area contributed by atoms with Crippen molar-refractivity contribution in [3.63, 3.8) is 0 Å². The molecule has 5 nitrogen and oxygen atoms in total. The number of aliphatic imine (C=N–C) groups is 1. The van der Waals surface area contributed by atoms with Gasteiger partial charge in [0.25, 0.3) is 0 Å². The predicted octanol–water partition coefficient (Wildman–Crippen LogP) is 2.55. The molecular weight excluding hydrogens is 435 g/mol. The third kappa shape index (κ3) is 4.93. The zero-order valence-electron chi connectivity index (χ0n) is 14.8. The third-order valence-electron chi connectivity index (χ3n) is 5.38. The minimum atomic E-state index is 0. The average molecular weight is 466 g/mol. The van der Waals surface area contributed by atoms with Crippen molar-refractivity contribution in [1.82, 2.24) is 15.1 Å². The van der Waals surface area contributed by atoms with Crippen LogP contribution >= 0.6 is 35.7 Å². The lowest BCUT2D eigenvalue weighted by molar-refractivity contribution is -0.128. The first-order valence-corrected chi connectivity index (χ1v) is 10.1. The van der Waals surface area contributed by atoms with Crippen LogP contribution in [0.2, 0.25) is 0 Å². The molecule has 0 aromatic heterocycles. The van der Waals surface area contributed by atoms with Crippen LogP contribution in [0.25, 0.3) is 0 Å². The number of carbonyl (C=O) groups is 1. The zero-order chi connectivity index (χ0) is 16.1. The first-order chi connectivity index (χ1) is 11.2. The van der Waals surface area contributed by atoms with Crippen LogP contribution in [-0.4, -0.2) is 71.9 Å². The van der Waals surface area contributed by atoms with Gasteiger partial charge in [0.05, 0.1) is 6.54 Å². The number of likely N-dealkylation sites (tertiary alicyclic amines) is 1. The average Bonchev–Trinajstić information content (AvgIpc) is 3.11. The van der Waals surface area contributed by atoms with E-state index in [9.17, 15) is 4.79 Å². The smallest absolute Gasteiger partial charge is 0.241 e. The molecule has 138 valence electrons. The summed E-state index contributed by atoms with van der Waals surface area (Å²) < 4.78 is 0.424. The van der Waals surface area contributed by atoms with E-state index in [2.05, 4.69) is 27.0 Å². The van der Waals surface area contributed by atoms with Gasteiger partial charge in [-0.25, -0.2) is 0 Å². The topological polar surface area (TPSA) is 47.9 Å². The molecule has 0 radical (unpaired) electrons. The lowest BCUT2D eigenvalue weighted by atomic mass is 9.87. The van der Waals surface area contributed by atoms with E-state index in [1.165, 1.54) is 37.9 Å². The molecule has 2 aliphatic heterocycles. The molecule has 3 fully saturated rings. The second-order valence-corrected chi connectivity index (χ2v) is 8.57. The summed E-state index contributed by atoms with van der Waals surface area (Å²) in [5.41, 5.74) is 0. The normalized spacial score (nSPS) is 24.0. The van der Waals surface area contributed by atoms with Crippen molar-refractivity contribution in [2.45, 2.75) is 49.7 Å². The number of nitrogens with zero attached hydrogens (tertiary/aromatic N) is 3. The van der Waals surface area contributed by atoms with Gasteiger partial charge in [0.15, 0.2) is 5.96 Å². The van der Waals surface area contributed by atoms with Gasteiger partial charge in [-0.2, -0.15) is 11.8 Å². The fraction of sp³-hybridized carbons (Fsp3) is 0.882. The lowest BCUT2D eigenvalue weighted by Crippen LogP contribution is -2.54. The summed E-state index contributed by atoms with van der Waals surface area (Å²) in [5, 5.41) is 3.31. The lowest BCUT2D eigenvalue weighted by Gasteiger charge is -2.45. The van der Waals surface area contributed by atoms with E-state index in [4.69, 9.17) is 0 Å². The van der Waals surface area contributed by atoms with Gasteiger partial charge in [-0.05, 0) is 25.7 Å². The summed E-state index contributed by atoms with van der Waals surface area (Å²) in [6.07, 6.45) is 9.06. The standard InChI is InChI=1S/C17H30N4OS.HI/c1-18-16(19-13-15(22)20-9-5-6-10-20)21-11-12-23-17(14-21)7-3-2-4-8-17;/h2-14H2,1H3,(H,18,19);1H. The largest absolute Gasteiger partial charge is 0.347 e. The summed E-state index contributed by atoms with van der Waals surface area (Å²) in [7, 11) is 1.83. The van der Waals surface area contributed by atoms with Crippen LogP contribution in [0.1, 0.15) is 44.9 Å². The second-order valence-electron chi connectivity index (χ2n) is 7.00. The van der Waals surface area contributed by atoms with E-state index >= 15 is 0 Å². The fourth-order valence-corrected chi connectivity index (χ4v) is 5.66. The molecule has 2 saturated heterocycles. The number of guanidine groups is 1. The summed E-state index contributed by atoms with van der Waals surface area (Å²) >= 11 is 2.16. The van der Waals surface area contributed by atoms with Crippen LogP contribution in [-0.2, 0) is 4.79 Å².